The fraction of sp³-hybridized carbons (Fsp3) is 0.321. The molecule has 6 heteroatoms. The van der Waals surface area contributed by atoms with Gasteiger partial charge in [-0.2, -0.15) is 5.10 Å². The van der Waals surface area contributed by atoms with Crippen molar-refractivity contribution < 1.29 is 4.39 Å². The normalized spacial score (nSPS) is 20.3. The largest absolute Gasteiger partial charge is 0.260 e. The second kappa shape index (κ2) is 8.62. The summed E-state index contributed by atoms with van der Waals surface area (Å²) in [6.45, 7) is 1.87. The monoisotopic (exact) mass is 451 g/mol. The molecule has 0 radical (unpaired) electrons. The van der Waals surface area contributed by atoms with E-state index in [-0.39, 0.29) is 5.82 Å². The van der Waals surface area contributed by atoms with Crippen LogP contribution in [0.5, 0.6) is 0 Å². The van der Waals surface area contributed by atoms with Gasteiger partial charge in [-0.1, -0.05) is 11.3 Å². The second-order valence-electron chi connectivity index (χ2n) is 9.43. The van der Waals surface area contributed by atoms with Crippen LogP contribution in [0.1, 0.15) is 50.3 Å². The Balaban J connectivity index is 1.17. The van der Waals surface area contributed by atoms with Crippen molar-refractivity contribution in [3.63, 3.8) is 0 Å². The first-order chi connectivity index (χ1) is 16.6. The van der Waals surface area contributed by atoms with Crippen LogP contribution in [0.15, 0.2) is 76.5 Å². The predicted molar refractivity (Wildman–Crippen MR) is 132 cm³/mol. The van der Waals surface area contributed by atoms with E-state index >= 15 is 0 Å². The first-order valence-electron chi connectivity index (χ1n) is 12.0. The number of aromatic nitrogens is 4. The van der Waals surface area contributed by atoms with Crippen molar-refractivity contribution in [1.29, 1.82) is 0 Å². The summed E-state index contributed by atoms with van der Waals surface area (Å²) in [6, 6.07) is 3.80. The van der Waals surface area contributed by atoms with Crippen molar-refractivity contribution in [2.75, 3.05) is 0 Å². The Morgan fingerprint density at radius 2 is 1.91 bits per heavy atom. The first-order valence-corrected chi connectivity index (χ1v) is 12.0. The Labute approximate surface area is 198 Å². The molecule has 0 saturated heterocycles. The molecule has 3 aromatic rings. The van der Waals surface area contributed by atoms with E-state index in [1.165, 1.54) is 36.3 Å². The maximum absolute atomic E-state index is 13.7. The average molecular weight is 452 g/mol. The molecule has 4 heterocycles. The number of nitrogens with zero attached hydrogens (tertiary/aromatic N) is 5. The number of aryl methyl sites for hydroxylation is 1. The Morgan fingerprint density at radius 3 is 2.74 bits per heavy atom. The molecule has 2 aliphatic carbocycles. The van der Waals surface area contributed by atoms with Crippen molar-refractivity contribution in [3.05, 3.63) is 83.0 Å². The maximum atomic E-state index is 13.7. The van der Waals surface area contributed by atoms with Crippen LogP contribution < -0.4 is 0 Å². The topological polar surface area (TPSA) is 56.0 Å². The molecule has 0 N–H and O–H groups in total. The minimum absolute atomic E-state index is 0.338. The molecular formula is C28H26FN5. The molecule has 3 aliphatic rings. The lowest BCUT2D eigenvalue weighted by molar-refractivity contribution is 0.377. The van der Waals surface area contributed by atoms with Gasteiger partial charge in [0.25, 0.3) is 0 Å². The molecule has 0 unspecified atom stereocenters. The lowest BCUT2D eigenvalue weighted by atomic mass is 9.90. The van der Waals surface area contributed by atoms with Gasteiger partial charge in [0.05, 0.1) is 35.8 Å². The average Bonchev–Trinajstić information content (AvgIpc) is 3.64. The van der Waals surface area contributed by atoms with Crippen LogP contribution in [-0.2, 0) is 0 Å². The van der Waals surface area contributed by atoms with Crippen molar-refractivity contribution in [2.45, 2.75) is 51.5 Å². The van der Waals surface area contributed by atoms with Gasteiger partial charge in [0.2, 0.25) is 0 Å². The molecule has 0 aromatic carbocycles. The van der Waals surface area contributed by atoms with E-state index in [9.17, 15) is 4.39 Å². The number of fused-ring (bicyclic) bond motifs is 1. The number of hydrogen-bond acceptors (Lipinski definition) is 4. The smallest absolute Gasteiger partial charge is 0.142 e. The van der Waals surface area contributed by atoms with Crippen LogP contribution in [0.25, 0.3) is 22.2 Å². The fourth-order valence-electron chi connectivity index (χ4n) is 4.89. The lowest BCUT2D eigenvalue weighted by Gasteiger charge is -2.25. The Hall–Kier alpha value is -3.63. The molecule has 170 valence electrons. The Bertz CT molecular complexity index is 1420. The number of hydrogen-bond donors (Lipinski definition) is 0. The molecule has 0 atom stereocenters. The van der Waals surface area contributed by atoms with Crippen LogP contribution in [0.2, 0.25) is 0 Å². The van der Waals surface area contributed by atoms with E-state index in [1.807, 2.05) is 37.7 Å². The van der Waals surface area contributed by atoms with E-state index in [4.69, 9.17) is 5.10 Å². The minimum atomic E-state index is -0.357. The third-order valence-electron chi connectivity index (χ3n) is 7.00. The summed E-state index contributed by atoms with van der Waals surface area (Å²) in [6.07, 6.45) is 20.0. The van der Waals surface area contributed by atoms with Gasteiger partial charge in [-0.05, 0) is 87.3 Å². The quantitative estimate of drug-likeness (QED) is 0.429. The highest BCUT2D eigenvalue weighted by molar-refractivity contribution is 5.83. The Morgan fingerprint density at radius 1 is 1.06 bits per heavy atom. The summed E-state index contributed by atoms with van der Waals surface area (Å²) in [5.41, 5.74) is 10.2. The van der Waals surface area contributed by atoms with Crippen LogP contribution in [0.4, 0.5) is 4.39 Å². The van der Waals surface area contributed by atoms with Gasteiger partial charge < -0.3 is 0 Å². The summed E-state index contributed by atoms with van der Waals surface area (Å²) in [5.74, 6) is 0.345. The molecule has 1 aliphatic heterocycles. The van der Waals surface area contributed by atoms with E-state index in [2.05, 4.69) is 37.5 Å². The molecule has 2 fully saturated rings. The highest BCUT2D eigenvalue weighted by Crippen LogP contribution is 2.37. The number of rotatable bonds is 4. The summed E-state index contributed by atoms with van der Waals surface area (Å²) in [7, 11) is 0. The number of aliphatic imine (C=N–C) groups is 1. The third-order valence-corrected chi connectivity index (χ3v) is 7.00. The maximum Gasteiger partial charge on any atom is 0.142 e. The van der Waals surface area contributed by atoms with Crippen molar-refractivity contribution in [3.8, 4) is 11.3 Å². The molecule has 2 saturated carbocycles. The highest BCUT2D eigenvalue weighted by atomic mass is 19.1. The number of allylic oxidation sites excluding steroid dienone is 4. The van der Waals surface area contributed by atoms with E-state index in [0.717, 1.165) is 53.7 Å². The van der Waals surface area contributed by atoms with E-state index < -0.39 is 0 Å². The van der Waals surface area contributed by atoms with Crippen LogP contribution in [0.3, 0.4) is 0 Å². The predicted octanol–water partition coefficient (Wildman–Crippen LogP) is 6.44. The molecule has 0 spiro atoms. The van der Waals surface area contributed by atoms with Crippen LogP contribution >= 0.6 is 0 Å². The van der Waals surface area contributed by atoms with Crippen molar-refractivity contribution in [1.82, 2.24) is 19.7 Å². The van der Waals surface area contributed by atoms with Gasteiger partial charge in [0, 0.05) is 22.9 Å². The van der Waals surface area contributed by atoms with Crippen molar-refractivity contribution in [2.24, 2.45) is 10.9 Å². The molecule has 6 rings (SSSR count). The zero-order valence-electron chi connectivity index (χ0n) is 19.2. The lowest BCUT2D eigenvalue weighted by Crippen LogP contribution is -2.15. The van der Waals surface area contributed by atoms with Gasteiger partial charge >= 0.3 is 0 Å². The van der Waals surface area contributed by atoms with E-state index in [1.54, 1.807) is 0 Å². The minimum Gasteiger partial charge on any atom is -0.260 e. The molecule has 5 nitrogen and oxygen atoms in total. The molecule has 0 amide bonds. The highest BCUT2D eigenvalue weighted by Gasteiger charge is 2.25. The second-order valence-corrected chi connectivity index (χ2v) is 9.43. The fourth-order valence-corrected chi connectivity index (χ4v) is 4.89. The van der Waals surface area contributed by atoms with Gasteiger partial charge in [-0.3, -0.25) is 14.6 Å². The number of halogens is 1. The first kappa shape index (κ1) is 20.9. The summed E-state index contributed by atoms with van der Waals surface area (Å²) >= 11 is 0. The summed E-state index contributed by atoms with van der Waals surface area (Å²) < 4.78 is 15.8. The standard InChI is InChI=1S/C28H26FN5/c1-18-26(13-23(29)16-30-18)27-12-22-15-33-34(28(22)17-32-27)25-9-5-19(6-10-25)11-24-4-2-3-21(14-31-24)20-7-8-20/h2-3,11-17,20,25H,5-10H2,1H3. The SMILES string of the molecule is Cc1ncc(F)cc1-c1cc2cnn(C3CCC(=CC4=C=CC=C(C5CC5)C=N4)CC3)c2cn1. The Kier molecular flexibility index (Phi) is 5.31. The summed E-state index contributed by atoms with van der Waals surface area (Å²) in [5, 5.41) is 5.70. The molecule has 3 aromatic heterocycles. The van der Waals surface area contributed by atoms with Crippen LogP contribution in [0, 0.1) is 18.7 Å². The molecule has 0 bridgehead atoms. The van der Waals surface area contributed by atoms with Crippen molar-refractivity contribution >= 4 is 17.1 Å². The van der Waals surface area contributed by atoms with E-state index in [0.29, 0.717) is 17.5 Å². The zero-order chi connectivity index (χ0) is 23.1. The zero-order valence-corrected chi connectivity index (χ0v) is 19.2. The number of pyridine rings is 2. The molecular weight excluding hydrogens is 425 g/mol. The van der Waals surface area contributed by atoms with Gasteiger partial charge in [-0.25, -0.2) is 9.38 Å². The van der Waals surface area contributed by atoms with Gasteiger partial charge in [0.1, 0.15) is 11.5 Å². The van der Waals surface area contributed by atoms with Crippen LogP contribution in [-0.4, -0.2) is 26.0 Å². The molecule has 34 heavy (non-hydrogen) atoms. The summed E-state index contributed by atoms with van der Waals surface area (Å²) in [4.78, 5) is 13.4. The third kappa shape index (κ3) is 4.17. The van der Waals surface area contributed by atoms with Gasteiger partial charge in [0.15, 0.2) is 0 Å². The van der Waals surface area contributed by atoms with Gasteiger partial charge in [-0.15, -0.1) is 0 Å².